The van der Waals surface area contributed by atoms with Crippen LogP contribution in [-0.2, 0) is 9.47 Å². The maximum atomic E-state index is 12.0. The van der Waals surface area contributed by atoms with Gasteiger partial charge in [0, 0.05) is 31.2 Å². The summed E-state index contributed by atoms with van der Waals surface area (Å²) < 4.78 is 11.2. The van der Waals surface area contributed by atoms with E-state index in [0.29, 0.717) is 74.9 Å². The molecular weight excluding hydrogens is 482 g/mol. The Morgan fingerprint density at radius 3 is 2.16 bits per heavy atom. The Labute approximate surface area is 227 Å². The molecule has 0 atom stereocenters. The van der Waals surface area contributed by atoms with Gasteiger partial charge in [-0.2, -0.15) is 15.0 Å². The van der Waals surface area contributed by atoms with E-state index in [1.165, 1.54) is 32.1 Å². The van der Waals surface area contributed by atoms with Gasteiger partial charge in [-0.1, -0.05) is 51.3 Å². The highest BCUT2D eigenvalue weighted by atomic mass is 16.5. The molecule has 1 aromatic heterocycles. The molecule has 1 amide bonds. The minimum absolute atomic E-state index is 0.0968. The molecule has 4 N–H and O–H groups in total. The fourth-order valence-corrected chi connectivity index (χ4v) is 4.39. The van der Waals surface area contributed by atoms with Crippen molar-refractivity contribution in [2.45, 2.75) is 64.8 Å². The smallest absolute Gasteiger partial charge is 0.251 e. The number of nitrogens with one attached hydrogen (secondary N) is 4. The molecule has 38 heavy (non-hydrogen) atoms. The minimum atomic E-state index is -0.0968. The molecule has 0 bridgehead atoms. The molecule has 1 saturated carbocycles. The summed E-state index contributed by atoms with van der Waals surface area (Å²) in [4.78, 5) is 25.7. The molecule has 0 spiro atoms. The number of carbonyl (C=O) groups excluding carboxylic acids is 1. The minimum Gasteiger partial charge on any atom is -0.377 e. The van der Waals surface area contributed by atoms with E-state index >= 15 is 0 Å². The second-order valence-corrected chi connectivity index (χ2v) is 9.62. The quantitative estimate of drug-likeness (QED) is 0.210. The van der Waals surface area contributed by atoms with E-state index in [2.05, 4.69) is 50.1 Å². The van der Waals surface area contributed by atoms with E-state index in [1.807, 2.05) is 18.2 Å². The van der Waals surface area contributed by atoms with Crippen molar-refractivity contribution in [2.75, 3.05) is 62.0 Å². The average Bonchev–Trinajstić information content (AvgIpc) is 2.96. The van der Waals surface area contributed by atoms with Gasteiger partial charge in [0.15, 0.2) is 0 Å². The van der Waals surface area contributed by atoms with E-state index in [4.69, 9.17) is 9.47 Å². The summed E-state index contributed by atoms with van der Waals surface area (Å²) in [6.45, 7) is 8.12. The van der Waals surface area contributed by atoms with Gasteiger partial charge in [-0.15, -0.1) is 0 Å². The molecule has 1 aliphatic carbocycles. The number of ether oxygens (including phenoxy) is 2. The molecule has 1 heterocycles. The molecule has 0 aliphatic heterocycles. The maximum absolute atomic E-state index is 12.0. The lowest BCUT2D eigenvalue weighted by atomic mass is 9.89. The van der Waals surface area contributed by atoms with E-state index < -0.39 is 0 Å². The maximum Gasteiger partial charge on any atom is 0.251 e. The van der Waals surface area contributed by atoms with Crippen LogP contribution >= 0.6 is 0 Å². The summed E-state index contributed by atoms with van der Waals surface area (Å²) in [6.07, 6.45) is 8.52. The third-order valence-corrected chi connectivity index (χ3v) is 6.70. The van der Waals surface area contributed by atoms with Crippen LogP contribution in [-0.4, -0.2) is 73.0 Å². The molecule has 3 rings (SSSR count). The zero-order chi connectivity index (χ0) is 26.8. The Morgan fingerprint density at radius 2 is 1.47 bits per heavy atom. The highest BCUT2D eigenvalue weighted by Crippen LogP contribution is 2.24. The first-order valence-corrected chi connectivity index (χ1v) is 14.2. The number of amides is 1. The van der Waals surface area contributed by atoms with Crippen LogP contribution in [0.5, 0.6) is 0 Å². The summed E-state index contributed by atoms with van der Waals surface area (Å²) in [5, 5.41) is 13.0. The number of anilines is 3. The Kier molecular flexibility index (Phi) is 13.6. The van der Waals surface area contributed by atoms with E-state index in [0.717, 1.165) is 19.4 Å². The molecule has 0 saturated heterocycles. The fraction of sp³-hybridized carbons (Fsp3) is 0.643. The Bertz CT molecular complexity index is 922. The van der Waals surface area contributed by atoms with Crippen molar-refractivity contribution < 1.29 is 14.3 Å². The van der Waals surface area contributed by atoms with Gasteiger partial charge in [0.05, 0.1) is 26.4 Å². The molecule has 1 aromatic carbocycles. The predicted octanol–water partition coefficient (Wildman–Crippen LogP) is 4.34. The van der Waals surface area contributed by atoms with E-state index in [1.54, 1.807) is 12.1 Å². The molecular formula is C28H45N7O3. The van der Waals surface area contributed by atoms with Gasteiger partial charge in [0.1, 0.15) is 0 Å². The summed E-state index contributed by atoms with van der Waals surface area (Å²) >= 11 is 0. The van der Waals surface area contributed by atoms with Gasteiger partial charge >= 0.3 is 0 Å². The molecule has 1 fully saturated rings. The topological polar surface area (TPSA) is 122 Å². The molecule has 10 heteroatoms. The lowest BCUT2D eigenvalue weighted by molar-refractivity contribution is 0.0519. The van der Waals surface area contributed by atoms with E-state index in [9.17, 15) is 4.79 Å². The Morgan fingerprint density at radius 1 is 0.842 bits per heavy atom. The first-order valence-electron chi connectivity index (χ1n) is 14.2. The largest absolute Gasteiger partial charge is 0.377 e. The van der Waals surface area contributed by atoms with Crippen molar-refractivity contribution in [3.05, 3.63) is 35.9 Å². The van der Waals surface area contributed by atoms with Crippen molar-refractivity contribution in [1.29, 1.82) is 0 Å². The molecule has 10 nitrogen and oxygen atoms in total. The van der Waals surface area contributed by atoms with Crippen LogP contribution in [0, 0.1) is 5.92 Å². The number of hydrogen-bond acceptors (Lipinski definition) is 9. The highest BCUT2D eigenvalue weighted by Gasteiger charge is 2.15. The summed E-state index contributed by atoms with van der Waals surface area (Å²) in [5.74, 6) is 2.32. The van der Waals surface area contributed by atoms with Crippen molar-refractivity contribution >= 4 is 23.8 Å². The molecule has 0 unspecified atom stereocenters. The number of hydrogen-bond donors (Lipinski definition) is 4. The van der Waals surface area contributed by atoms with Crippen LogP contribution in [0.25, 0.3) is 0 Å². The van der Waals surface area contributed by atoms with Crippen molar-refractivity contribution in [3.63, 3.8) is 0 Å². The first-order chi connectivity index (χ1) is 18.7. The van der Waals surface area contributed by atoms with Crippen LogP contribution in [0.3, 0.4) is 0 Å². The van der Waals surface area contributed by atoms with Crippen molar-refractivity contribution in [2.24, 2.45) is 5.92 Å². The summed E-state index contributed by atoms with van der Waals surface area (Å²) in [5.41, 5.74) is 0.645. The number of aromatic nitrogens is 3. The zero-order valence-electron chi connectivity index (χ0n) is 23.0. The molecule has 210 valence electrons. The lowest BCUT2D eigenvalue weighted by Gasteiger charge is -2.22. The van der Waals surface area contributed by atoms with Crippen molar-refractivity contribution in [3.8, 4) is 0 Å². The highest BCUT2D eigenvalue weighted by molar-refractivity contribution is 5.94. The lowest BCUT2D eigenvalue weighted by Crippen LogP contribution is -2.27. The van der Waals surface area contributed by atoms with Gasteiger partial charge < -0.3 is 30.7 Å². The number of nitrogens with zero attached hydrogens (tertiary/aromatic N) is 3. The number of carbonyl (C=O) groups is 1. The number of benzene rings is 1. The third kappa shape index (κ3) is 11.2. The normalized spacial score (nSPS) is 13.9. The van der Waals surface area contributed by atoms with E-state index in [-0.39, 0.29) is 5.91 Å². The predicted molar refractivity (Wildman–Crippen MR) is 152 cm³/mol. The van der Waals surface area contributed by atoms with Crippen LogP contribution in [0.15, 0.2) is 30.3 Å². The molecule has 1 aliphatic rings. The average molecular weight is 528 g/mol. The standard InChI is InChI=1S/C28H45N7O3/c1-3-24(4-2)32-28-34-26(33-27(35-28)31-21-22-11-7-5-8-12-22)30-16-18-38-20-19-37-17-15-29-25(36)23-13-9-6-10-14-23/h6,9-10,13-14,22,24H,3-5,7-8,11-12,15-21H2,1-2H3,(H,29,36)(H3,30,31,32,33,34,35). The van der Waals surface area contributed by atoms with Crippen LogP contribution in [0.2, 0.25) is 0 Å². The Balaban J connectivity index is 1.33. The van der Waals surface area contributed by atoms with Gasteiger partial charge in [0.2, 0.25) is 17.8 Å². The van der Waals surface area contributed by atoms with Crippen LogP contribution in [0.1, 0.15) is 69.2 Å². The summed E-state index contributed by atoms with van der Waals surface area (Å²) in [7, 11) is 0. The SMILES string of the molecule is CCC(CC)Nc1nc(NCCOCCOCCNC(=O)c2ccccc2)nc(NCC2CCCCC2)n1. The molecule has 2 aromatic rings. The monoisotopic (exact) mass is 527 g/mol. The number of rotatable bonds is 18. The molecule has 0 radical (unpaired) electrons. The second kappa shape index (κ2) is 17.5. The second-order valence-electron chi connectivity index (χ2n) is 9.62. The third-order valence-electron chi connectivity index (χ3n) is 6.70. The first kappa shape index (κ1) is 29.6. The summed E-state index contributed by atoms with van der Waals surface area (Å²) in [6, 6.07) is 9.47. The van der Waals surface area contributed by atoms with Crippen molar-refractivity contribution in [1.82, 2.24) is 20.3 Å². The van der Waals surface area contributed by atoms with Gasteiger partial charge in [-0.25, -0.2) is 0 Å². The van der Waals surface area contributed by atoms with Gasteiger partial charge in [-0.05, 0) is 43.7 Å². The Hall–Kier alpha value is -2.98. The van der Waals surface area contributed by atoms with Crippen LogP contribution in [0.4, 0.5) is 17.8 Å². The van der Waals surface area contributed by atoms with Crippen LogP contribution < -0.4 is 21.3 Å². The van der Waals surface area contributed by atoms with Gasteiger partial charge in [-0.3, -0.25) is 4.79 Å². The van der Waals surface area contributed by atoms with Gasteiger partial charge in [0.25, 0.3) is 5.91 Å². The fourth-order valence-electron chi connectivity index (χ4n) is 4.39. The zero-order valence-corrected chi connectivity index (χ0v) is 23.0.